The highest BCUT2D eigenvalue weighted by atomic mass is 16.1. The van der Waals surface area contributed by atoms with Gasteiger partial charge in [0.05, 0.1) is 6.54 Å². The van der Waals surface area contributed by atoms with E-state index in [1.807, 2.05) is 0 Å². The molecule has 0 aromatic rings. The van der Waals surface area contributed by atoms with E-state index < -0.39 is 0 Å². The van der Waals surface area contributed by atoms with Gasteiger partial charge in [-0.05, 0) is 24.7 Å². The summed E-state index contributed by atoms with van der Waals surface area (Å²) < 4.78 is 0. The Hall–Kier alpha value is -0.570. The Bertz CT molecular complexity index is 222. The molecule has 0 atom stereocenters. The van der Waals surface area contributed by atoms with Crippen molar-refractivity contribution in [2.24, 2.45) is 5.41 Å². The summed E-state index contributed by atoms with van der Waals surface area (Å²) in [5, 5.41) is 6.24. The molecule has 1 rings (SSSR count). The highest BCUT2D eigenvalue weighted by Gasteiger charge is 2.26. The third-order valence-corrected chi connectivity index (χ3v) is 3.75. The van der Waals surface area contributed by atoms with Gasteiger partial charge in [0, 0.05) is 13.1 Å². The zero-order valence-electron chi connectivity index (χ0n) is 11.5. The van der Waals surface area contributed by atoms with Crippen molar-refractivity contribution >= 4 is 5.91 Å². The Morgan fingerprint density at radius 3 is 2.59 bits per heavy atom. The van der Waals surface area contributed by atoms with Gasteiger partial charge in [-0.2, -0.15) is 0 Å². The van der Waals surface area contributed by atoms with E-state index in [1.54, 1.807) is 0 Å². The molecule has 1 saturated carbocycles. The molecule has 1 aliphatic rings. The van der Waals surface area contributed by atoms with Gasteiger partial charge in [-0.1, -0.05) is 39.5 Å². The monoisotopic (exact) mass is 240 g/mol. The van der Waals surface area contributed by atoms with E-state index in [0.29, 0.717) is 12.0 Å². The molecule has 1 fully saturated rings. The second-order valence-corrected chi connectivity index (χ2v) is 5.68. The zero-order chi connectivity index (χ0) is 12.6. The van der Waals surface area contributed by atoms with Crippen molar-refractivity contribution in [2.75, 3.05) is 19.6 Å². The summed E-state index contributed by atoms with van der Waals surface area (Å²) in [6.45, 7) is 6.74. The van der Waals surface area contributed by atoms with E-state index in [0.717, 1.165) is 25.9 Å². The van der Waals surface area contributed by atoms with Crippen LogP contribution in [0.4, 0.5) is 0 Å². The van der Waals surface area contributed by atoms with Crippen LogP contribution in [0.5, 0.6) is 0 Å². The summed E-state index contributed by atoms with van der Waals surface area (Å²) in [5.41, 5.74) is 0.419. The lowest BCUT2D eigenvalue weighted by Gasteiger charge is -2.33. The molecule has 0 aliphatic heterocycles. The van der Waals surface area contributed by atoms with Crippen molar-refractivity contribution in [1.29, 1.82) is 0 Å². The molecule has 2 N–H and O–H groups in total. The van der Waals surface area contributed by atoms with Crippen LogP contribution in [-0.2, 0) is 4.79 Å². The first-order valence-corrected chi connectivity index (χ1v) is 7.14. The molecule has 0 aromatic heterocycles. The molecule has 100 valence electrons. The predicted molar refractivity (Wildman–Crippen MR) is 72.0 cm³/mol. The number of hydrogen-bond acceptors (Lipinski definition) is 2. The highest BCUT2D eigenvalue weighted by Crippen LogP contribution is 2.34. The molecule has 0 bridgehead atoms. The lowest BCUT2D eigenvalue weighted by molar-refractivity contribution is -0.120. The van der Waals surface area contributed by atoms with Crippen LogP contribution in [0, 0.1) is 5.41 Å². The molecule has 0 saturated heterocycles. The molecule has 0 heterocycles. The Labute approximate surface area is 106 Å². The minimum absolute atomic E-state index is 0.137. The van der Waals surface area contributed by atoms with Gasteiger partial charge >= 0.3 is 0 Å². The fourth-order valence-electron chi connectivity index (χ4n) is 2.53. The molecule has 3 heteroatoms. The van der Waals surface area contributed by atoms with Crippen LogP contribution < -0.4 is 10.6 Å². The molecule has 1 aliphatic carbocycles. The standard InChI is InChI=1S/C14H28N2O/c1-3-4-10-16-13(17)11-15-12-14(2)8-6-5-7-9-14/h15H,3-12H2,1-2H3,(H,16,17). The molecule has 17 heavy (non-hydrogen) atoms. The van der Waals surface area contributed by atoms with Crippen LogP contribution in [0.25, 0.3) is 0 Å². The van der Waals surface area contributed by atoms with Crippen molar-refractivity contribution in [3.05, 3.63) is 0 Å². The first kappa shape index (κ1) is 14.5. The van der Waals surface area contributed by atoms with Gasteiger partial charge in [0.2, 0.25) is 5.91 Å². The summed E-state index contributed by atoms with van der Waals surface area (Å²) in [6.07, 6.45) is 8.89. The summed E-state index contributed by atoms with van der Waals surface area (Å²) >= 11 is 0. The molecular formula is C14H28N2O. The van der Waals surface area contributed by atoms with Gasteiger partial charge in [0.1, 0.15) is 0 Å². The number of rotatable bonds is 7. The van der Waals surface area contributed by atoms with Crippen LogP contribution in [0.3, 0.4) is 0 Å². The van der Waals surface area contributed by atoms with Crippen LogP contribution in [0.15, 0.2) is 0 Å². The molecule has 1 amide bonds. The largest absolute Gasteiger partial charge is 0.355 e. The third kappa shape index (κ3) is 6.06. The molecule has 0 spiro atoms. The van der Waals surface area contributed by atoms with Gasteiger partial charge in [0.25, 0.3) is 0 Å². The molecule has 0 aromatic carbocycles. The van der Waals surface area contributed by atoms with Crippen molar-refractivity contribution in [3.63, 3.8) is 0 Å². The maximum atomic E-state index is 11.5. The first-order chi connectivity index (χ1) is 8.16. The topological polar surface area (TPSA) is 41.1 Å². The zero-order valence-corrected chi connectivity index (χ0v) is 11.5. The molecular weight excluding hydrogens is 212 g/mol. The number of unbranched alkanes of at least 4 members (excludes halogenated alkanes) is 1. The average Bonchev–Trinajstić information content (AvgIpc) is 2.30. The number of nitrogens with one attached hydrogen (secondary N) is 2. The fourth-order valence-corrected chi connectivity index (χ4v) is 2.53. The van der Waals surface area contributed by atoms with E-state index >= 15 is 0 Å². The SMILES string of the molecule is CCCCNC(=O)CNCC1(C)CCCCC1. The number of carbonyl (C=O) groups excluding carboxylic acids is 1. The normalized spacial score (nSPS) is 18.9. The Morgan fingerprint density at radius 1 is 1.24 bits per heavy atom. The van der Waals surface area contributed by atoms with Gasteiger partial charge in [0.15, 0.2) is 0 Å². The summed E-state index contributed by atoms with van der Waals surface area (Å²) in [4.78, 5) is 11.5. The number of amides is 1. The smallest absolute Gasteiger partial charge is 0.233 e. The minimum Gasteiger partial charge on any atom is -0.355 e. The van der Waals surface area contributed by atoms with E-state index in [9.17, 15) is 4.79 Å². The van der Waals surface area contributed by atoms with E-state index in [-0.39, 0.29) is 5.91 Å². The summed E-state index contributed by atoms with van der Waals surface area (Å²) in [5.74, 6) is 0.137. The second kappa shape index (κ2) is 7.70. The quantitative estimate of drug-likeness (QED) is 0.671. The van der Waals surface area contributed by atoms with Gasteiger partial charge in [-0.3, -0.25) is 4.79 Å². The van der Waals surface area contributed by atoms with Crippen molar-refractivity contribution in [2.45, 2.75) is 58.8 Å². The second-order valence-electron chi connectivity index (χ2n) is 5.68. The summed E-state index contributed by atoms with van der Waals surface area (Å²) in [7, 11) is 0. The maximum absolute atomic E-state index is 11.5. The lowest BCUT2D eigenvalue weighted by atomic mass is 9.76. The van der Waals surface area contributed by atoms with Crippen molar-refractivity contribution < 1.29 is 4.79 Å². The first-order valence-electron chi connectivity index (χ1n) is 7.14. The van der Waals surface area contributed by atoms with Crippen LogP contribution >= 0.6 is 0 Å². The maximum Gasteiger partial charge on any atom is 0.233 e. The lowest BCUT2D eigenvalue weighted by Crippen LogP contribution is -2.40. The van der Waals surface area contributed by atoms with Crippen molar-refractivity contribution in [1.82, 2.24) is 10.6 Å². The van der Waals surface area contributed by atoms with Crippen molar-refractivity contribution in [3.8, 4) is 0 Å². The number of carbonyl (C=O) groups is 1. The van der Waals surface area contributed by atoms with Crippen LogP contribution in [0.1, 0.15) is 58.8 Å². The third-order valence-electron chi connectivity index (χ3n) is 3.75. The van der Waals surface area contributed by atoms with Crippen LogP contribution in [0.2, 0.25) is 0 Å². The van der Waals surface area contributed by atoms with Gasteiger partial charge in [-0.25, -0.2) is 0 Å². The molecule has 0 unspecified atom stereocenters. The molecule has 3 nitrogen and oxygen atoms in total. The number of hydrogen-bond donors (Lipinski definition) is 2. The molecule has 0 radical (unpaired) electrons. The fraction of sp³-hybridized carbons (Fsp3) is 0.929. The summed E-state index contributed by atoms with van der Waals surface area (Å²) in [6, 6.07) is 0. The van der Waals surface area contributed by atoms with E-state index in [4.69, 9.17) is 0 Å². The van der Waals surface area contributed by atoms with Gasteiger partial charge < -0.3 is 10.6 Å². The van der Waals surface area contributed by atoms with E-state index in [2.05, 4.69) is 24.5 Å². The Morgan fingerprint density at radius 2 is 1.94 bits per heavy atom. The van der Waals surface area contributed by atoms with Crippen LogP contribution in [-0.4, -0.2) is 25.5 Å². The highest BCUT2D eigenvalue weighted by molar-refractivity contribution is 5.77. The Kier molecular flexibility index (Phi) is 6.56. The predicted octanol–water partition coefficient (Wildman–Crippen LogP) is 2.46. The average molecular weight is 240 g/mol. The minimum atomic E-state index is 0.137. The van der Waals surface area contributed by atoms with Gasteiger partial charge in [-0.15, -0.1) is 0 Å². The Balaban J connectivity index is 2.07. The van der Waals surface area contributed by atoms with E-state index in [1.165, 1.54) is 32.1 Å².